The molecule has 118 valence electrons. The minimum atomic E-state index is -0.980. The van der Waals surface area contributed by atoms with Gasteiger partial charge in [-0.15, -0.1) is 12.4 Å². The van der Waals surface area contributed by atoms with Gasteiger partial charge in [-0.1, -0.05) is 13.0 Å². The first-order chi connectivity index (χ1) is 9.49. The number of hydrogen-bond acceptors (Lipinski definition) is 4. The Morgan fingerprint density at radius 1 is 1.38 bits per heavy atom. The lowest BCUT2D eigenvalue weighted by atomic mass is 10.1. The maximum atomic E-state index is 11.9. The topological polar surface area (TPSA) is 104 Å². The van der Waals surface area contributed by atoms with Crippen LogP contribution in [0.3, 0.4) is 0 Å². The number of benzene rings is 1. The van der Waals surface area contributed by atoms with Crippen LogP contribution < -0.4 is 16.4 Å². The van der Waals surface area contributed by atoms with Crippen LogP contribution in [-0.4, -0.2) is 36.1 Å². The third kappa shape index (κ3) is 5.71. The summed E-state index contributed by atoms with van der Waals surface area (Å²) >= 11 is 0. The summed E-state index contributed by atoms with van der Waals surface area (Å²) in [4.78, 5) is 23.5. The maximum absolute atomic E-state index is 11.9. The highest BCUT2D eigenvalue weighted by Crippen LogP contribution is 2.17. The standard InChI is InChI=1S/C14H21N3O3.ClH/c1-3-6-16-13(19)10-5-4-9(2)12(7-10)17-14(20)11(15)8-18;/h4-5,7,11,18H,3,6,8,15H2,1-2H3,(H,16,19)(H,17,20);1H/t11-;/m0./s1. The van der Waals surface area contributed by atoms with Crippen molar-refractivity contribution >= 4 is 29.9 Å². The fraction of sp³-hybridized carbons (Fsp3) is 0.429. The lowest BCUT2D eigenvalue weighted by molar-refractivity contribution is -0.118. The largest absolute Gasteiger partial charge is 0.394 e. The molecule has 0 saturated heterocycles. The van der Waals surface area contributed by atoms with E-state index in [0.29, 0.717) is 17.8 Å². The van der Waals surface area contributed by atoms with Crippen molar-refractivity contribution in [3.8, 4) is 0 Å². The Morgan fingerprint density at radius 2 is 2.05 bits per heavy atom. The van der Waals surface area contributed by atoms with Crippen molar-refractivity contribution in [3.63, 3.8) is 0 Å². The molecule has 0 aliphatic heterocycles. The van der Waals surface area contributed by atoms with E-state index in [-0.39, 0.29) is 18.3 Å². The molecule has 1 atom stereocenters. The summed E-state index contributed by atoms with van der Waals surface area (Å²) < 4.78 is 0. The van der Waals surface area contributed by atoms with E-state index in [1.54, 1.807) is 18.2 Å². The Hall–Kier alpha value is -1.63. The molecule has 0 aromatic heterocycles. The van der Waals surface area contributed by atoms with Gasteiger partial charge in [-0.05, 0) is 31.0 Å². The minimum absolute atomic E-state index is 0. The van der Waals surface area contributed by atoms with Crippen LogP contribution in [0, 0.1) is 6.92 Å². The van der Waals surface area contributed by atoms with E-state index in [1.807, 2.05) is 13.8 Å². The second kappa shape index (κ2) is 9.33. The smallest absolute Gasteiger partial charge is 0.251 e. The van der Waals surface area contributed by atoms with Gasteiger partial charge in [-0.3, -0.25) is 9.59 Å². The van der Waals surface area contributed by atoms with Crippen LogP contribution in [0.15, 0.2) is 18.2 Å². The summed E-state index contributed by atoms with van der Waals surface area (Å²) in [5.41, 5.74) is 7.24. The van der Waals surface area contributed by atoms with Crippen LogP contribution in [0.2, 0.25) is 0 Å². The van der Waals surface area contributed by atoms with Gasteiger partial charge in [0.05, 0.1) is 6.61 Å². The molecule has 1 aromatic rings. The third-order valence-electron chi connectivity index (χ3n) is 2.83. The normalized spacial score (nSPS) is 11.2. The number of aliphatic hydroxyl groups excluding tert-OH is 1. The summed E-state index contributed by atoms with van der Waals surface area (Å²) in [6.45, 7) is 3.95. The zero-order valence-corrected chi connectivity index (χ0v) is 13.0. The molecule has 1 aromatic carbocycles. The van der Waals surface area contributed by atoms with Crippen molar-refractivity contribution in [2.75, 3.05) is 18.5 Å². The number of aryl methyl sites for hydroxylation is 1. The minimum Gasteiger partial charge on any atom is -0.394 e. The first-order valence-electron chi connectivity index (χ1n) is 6.55. The first-order valence-corrected chi connectivity index (χ1v) is 6.55. The number of aliphatic hydroxyl groups is 1. The van der Waals surface area contributed by atoms with Gasteiger partial charge in [0.2, 0.25) is 5.91 Å². The van der Waals surface area contributed by atoms with E-state index in [4.69, 9.17) is 10.8 Å². The molecule has 0 fully saturated rings. The van der Waals surface area contributed by atoms with E-state index in [0.717, 1.165) is 12.0 Å². The number of halogens is 1. The van der Waals surface area contributed by atoms with Gasteiger partial charge in [0, 0.05) is 17.8 Å². The summed E-state index contributed by atoms with van der Waals surface area (Å²) in [7, 11) is 0. The van der Waals surface area contributed by atoms with Crippen LogP contribution in [0.1, 0.15) is 29.3 Å². The Morgan fingerprint density at radius 3 is 2.62 bits per heavy atom. The number of anilines is 1. The van der Waals surface area contributed by atoms with Crippen LogP contribution >= 0.6 is 12.4 Å². The molecule has 0 aliphatic rings. The number of carbonyl (C=O) groups is 2. The van der Waals surface area contributed by atoms with Crippen LogP contribution in [0.4, 0.5) is 5.69 Å². The highest BCUT2D eigenvalue weighted by molar-refractivity contribution is 5.99. The number of hydrogen-bond donors (Lipinski definition) is 4. The molecule has 21 heavy (non-hydrogen) atoms. The van der Waals surface area contributed by atoms with E-state index < -0.39 is 18.6 Å². The van der Waals surface area contributed by atoms with E-state index >= 15 is 0 Å². The Bertz CT molecular complexity index is 494. The average molecular weight is 316 g/mol. The Balaban J connectivity index is 0.00000400. The number of nitrogens with one attached hydrogen (secondary N) is 2. The fourth-order valence-electron chi connectivity index (χ4n) is 1.55. The number of amides is 2. The summed E-state index contributed by atoms with van der Waals surface area (Å²) in [5.74, 6) is -0.671. The van der Waals surface area contributed by atoms with Crippen molar-refractivity contribution < 1.29 is 14.7 Å². The van der Waals surface area contributed by atoms with Gasteiger partial charge in [0.1, 0.15) is 6.04 Å². The molecule has 0 aliphatic carbocycles. The lowest BCUT2D eigenvalue weighted by Gasteiger charge is -2.13. The van der Waals surface area contributed by atoms with Crippen molar-refractivity contribution in [2.45, 2.75) is 26.3 Å². The van der Waals surface area contributed by atoms with Gasteiger partial charge in [0.25, 0.3) is 5.91 Å². The monoisotopic (exact) mass is 315 g/mol. The van der Waals surface area contributed by atoms with E-state index in [2.05, 4.69) is 10.6 Å². The van der Waals surface area contributed by atoms with Crippen molar-refractivity contribution in [2.24, 2.45) is 5.73 Å². The molecule has 6 nitrogen and oxygen atoms in total. The zero-order chi connectivity index (χ0) is 15.1. The van der Waals surface area contributed by atoms with Crippen molar-refractivity contribution in [3.05, 3.63) is 29.3 Å². The summed E-state index contributed by atoms with van der Waals surface area (Å²) in [6.07, 6.45) is 0.854. The quantitative estimate of drug-likeness (QED) is 0.623. The molecule has 0 heterocycles. The fourth-order valence-corrected chi connectivity index (χ4v) is 1.55. The van der Waals surface area contributed by atoms with Gasteiger partial charge in [-0.2, -0.15) is 0 Å². The zero-order valence-electron chi connectivity index (χ0n) is 12.2. The van der Waals surface area contributed by atoms with Crippen LogP contribution in [-0.2, 0) is 4.79 Å². The molecular weight excluding hydrogens is 294 g/mol. The van der Waals surface area contributed by atoms with E-state index in [9.17, 15) is 9.59 Å². The Labute approximate surface area is 130 Å². The maximum Gasteiger partial charge on any atom is 0.251 e. The molecule has 7 heteroatoms. The van der Waals surface area contributed by atoms with Crippen molar-refractivity contribution in [1.82, 2.24) is 5.32 Å². The lowest BCUT2D eigenvalue weighted by Crippen LogP contribution is -2.38. The van der Waals surface area contributed by atoms with Gasteiger partial charge in [-0.25, -0.2) is 0 Å². The molecule has 1 rings (SSSR count). The number of nitrogens with two attached hydrogens (primary N) is 1. The Kier molecular flexibility index (Phi) is 8.61. The summed E-state index contributed by atoms with van der Waals surface area (Å²) in [5, 5.41) is 14.2. The molecule has 0 unspecified atom stereocenters. The van der Waals surface area contributed by atoms with Gasteiger partial charge >= 0.3 is 0 Å². The average Bonchev–Trinajstić information content (AvgIpc) is 2.45. The van der Waals surface area contributed by atoms with Gasteiger partial charge in [0.15, 0.2) is 0 Å². The summed E-state index contributed by atoms with van der Waals surface area (Å²) in [6, 6.07) is 4.07. The first kappa shape index (κ1) is 19.4. The SMILES string of the molecule is CCCNC(=O)c1ccc(C)c(NC(=O)[C@@H](N)CO)c1.Cl. The molecule has 0 spiro atoms. The van der Waals surface area contributed by atoms with E-state index in [1.165, 1.54) is 0 Å². The number of rotatable bonds is 6. The highest BCUT2D eigenvalue weighted by Gasteiger charge is 2.14. The second-order valence-corrected chi connectivity index (χ2v) is 4.56. The second-order valence-electron chi connectivity index (χ2n) is 4.56. The van der Waals surface area contributed by atoms with Crippen LogP contribution in [0.5, 0.6) is 0 Å². The molecule has 0 bridgehead atoms. The van der Waals surface area contributed by atoms with Gasteiger partial charge < -0.3 is 21.5 Å². The van der Waals surface area contributed by atoms with Crippen molar-refractivity contribution in [1.29, 1.82) is 0 Å². The molecule has 5 N–H and O–H groups in total. The third-order valence-corrected chi connectivity index (χ3v) is 2.83. The highest BCUT2D eigenvalue weighted by atomic mass is 35.5. The number of carbonyl (C=O) groups excluding carboxylic acids is 2. The predicted molar refractivity (Wildman–Crippen MR) is 84.7 cm³/mol. The molecule has 0 saturated carbocycles. The molecule has 0 radical (unpaired) electrons. The predicted octanol–water partition coefficient (Wildman–Crippen LogP) is 0.815. The molecular formula is C14H22ClN3O3. The molecule has 2 amide bonds. The van der Waals surface area contributed by atoms with Crippen LogP contribution in [0.25, 0.3) is 0 Å².